The van der Waals surface area contributed by atoms with Crippen molar-refractivity contribution >= 4 is 6.29 Å². The summed E-state index contributed by atoms with van der Waals surface area (Å²) in [6.45, 7) is 3.74. The first kappa shape index (κ1) is 10.7. The van der Waals surface area contributed by atoms with Gasteiger partial charge >= 0.3 is 0 Å². The van der Waals surface area contributed by atoms with E-state index in [-0.39, 0.29) is 12.5 Å². The summed E-state index contributed by atoms with van der Waals surface area (Å²) in [4.78, 5) is 10.2. The van der Waals surface area contributed by atoms with E-state index in [1.165, 1.54) is 6.07 Å². The predicted molar refractivity (Wildman–Crippen MR) is 51.9 cm³/mol. The summed E-state index contributed by atoms with van der Waals surface area (Å²) in [5, 5.41) is 0. The highest BCUT2D eigenvalue weighted by Gasteiger charge is 2.04. The van der Waals surface area contributed by atoms with Crippen LogP contribution in [0, 0.1) is 5.82 Å². The molecule has 1 rings (SSSR count). The van der Waals surface area contributed by atoms with Gasteiger partial charge < -0.3 is 9.53 Å². The Hall–Kier alpha value is -1.38. The predicted octanol–water partition coefficient (Wildman–Crippen LogP) is 2.35. The summed E-state index contributed by atoms with van der Waals surface area (Å²) in [6.07, 6.45) is 0.807. The van der Waals surface area contributed by atoms with Crippen LogP contribution in [0.15, 0.2) is 18.2 Å². The maximum atomic E-state index is 13.2. The van der Waals surface area contributed by atoms with Crippen molar-refractivity contribution in [3.63, 3.8) is 0 Å². The second-order valence-corrected chi connectivity index (χ2v) is 3.29. The minimum atomic E-state index is -0.393. The molecule has 0 saturated carbocycles. The fourth-order valence-corrected chi connectivity index (χ4v) is 1.13. The van der Waals surface area contributed by atoms with Crippen molar-refractivity contribution in [2.24, 2.45) is 0 Å². The smallest absolute Gasteiger partial charge is 0.130 e. The molecule has 0 spiro atoms. The van der Waals surface area contributed by atoms with Crippen LogP contribution in [0.25, 0.3) is 0 Å². The van der Waals surface area contributed by atoms with E-state index < -0.39 is 5.82 Å². The number of ether oxygens (including phenoxy) is 1. The van der Waals surface area contributed by atoms with Gasteiger partial charge in [0.25, 0.3) is 0 Å². The lowest BCUT2D eigenvalue weighted by atomic mass is 10.1. The molecular weight excluding hydrogens is 183 g/mol. The molecule has 0 radical (unpaired) electrons. The van der Waals surface area contributed by atoms with E-state index >= 15 is 0 Å². The normalized spacial score (nSPS) is 10.3. The van der Waals surface area contributed by atoms with E-state index in [4.69, 9.17) is 4.74 Å². The van der Waals surface area contributed by atoms with E-state index in [0.29, 0.717) is 17.6 Å². The zero-order valence-corrected chi connectivity index (χ0v) is 8.29. The van der Waals surface area contributed by atoms with Gasteiger partial charge in [-0.3, -0.25) is 0 Å². The summed E-state index contributed by atoms with van der Waals surface area (Å²) in [5.41, 5.74) is 0.399. The Kier molecular flexibility index (Phi) is 3.63. The van der Waals surface area contributed by atoms with Gasteiger partial charge in [0.1, 0.15) is 17.9 Å². The van der Waals surface area contributed by atoms with Crippen molar-refractivity contribution in [1.29, 1.82) is 0 Å². The van der Waals surface area contributed by atoms with Gasteiger partial charge in [0.15, 0.2) is 0 Å². The second kappa shape index (κ2) is 4.74. The highest BCUT2D eigenvalue weighted by atomic mass is 19.1. The first-order valence-electron chi connectivity index (χ1n) is 4.52. The quantitative estimate of drug-likeness (QED) is 0.691. The van der Waals surface area contributed by atoms with Gasteiger partial charge in [-0.15, -0.1) is 0 Å². The average Bonchev–Trinajstić information content (AvgIpc) is 2.09. The minimum absolute atomic E-state index is 0.0197. The molecule has 0 unspecified atom stereocenters. The highest BCUT2D eigenvalue weighted by molar-refractivity contribution is 5.55. The molecule has 14 heavy (non-hydrogen) atoms. The molecule has 0 amide bonds. The summed E-state index contributed by atoms with van der Waals surface area (Å²) >= 11 is 0. The number of hydrogen-bond donors (Lipinski definition) is 0. The van der Waals surface area contributed by atoms with Gasteiger partial charge in [-0.25, -0.2) is 4.39 Å². The van der Waals surface area contributed by atoms with Crippen LogP contribution in [-0.4, -0.2) is 12.4 Å². The molecule has 0 fully saturated rings. The van der Waals surface area contributed by atoms with Crippen LogP contribution in [-0.2, 0) is 11.2 Å². The molecule has 0 N–H and O–H groups in total. The Morgan fingerprint density at radius 2 is 2.21 bits per heavy atom. The number of rotatable bonds is 4. The maximum absolute atomic E-state index is 13.2. The summed E-state index contributed by atoms with van der Waals surface area (Å²) < 4.78 is 18.5. The van der Waals surface area contributed by atoms with Crippen molar-refractivity contribution in [3.05, 3.63) is 29.6 Å². The molecule has 2 nitrogen and oxygen atoms in total. The van der Waals surface area contributed by atoms with Crippen molar-refractivity contribution in [1.82, 2.24) is 0 Å². The van der Waals surface area contributed by atoms with Crippen molar-refractivity contribution in [2.45, 2.75) is 26.4 Å². The topological polar surface area (TPSA) is 26.3 Å². The molecule has 0 aromatic heterocycles. The molecular formula is C11H13FO2. The van der Waals surface area contributed by atoms with Crippen molar-refractivity contribution in [2.75, 3.05) is 0 Å². The number of benzene rings is 1. The third kappa shape index (κ3) is 2.83. The number of hydrogen-bond acceptors (Lipinski definition) is 2. The SMILES string of the molecule is CC(C)Oc1ccc(CC=O)c(F)c1. The van der Waals surface area contributed by atoms with Gasteiger partial charge in [0, 0.05) is 12.5 Å². The molecule has 76 valence electrons. The summed E-state index contributed by atoms with van der Waals surface area (Å²) in [6, 6.07) is 4.54. The molecule has 1 aromatic rings. The van der Waals surface area contributed by atoms with Crippen LogP contribution >= 0.6 is 0 Å². The zero-order chi connectivity index (χ0) is 10.6. The molecule has 0 aliphatic rings. The van der Waals surface area contributed by atoms with E-state index in [1.807, 2.05) is 13.8 Å². The summed E-state index contributed by atoms with van der Waals surface area (Å²) in [7, 11) is 0. The lowest BCUT2D eigenvalue weighted by molar-refractivity contribution is -0.107. The van der Waals surface area contributed by atoms with Crippen LogP contribution in [0.2, 0.25) is 0 Å². The molecule has 0 saturated heterocycles. The van der Waals surface area contributed by atoms with Gasteiger partial charge in [0.05, 0.1) is 6.10 Å². The van der Waals surface area contributed by atoms with Crippen molar-refractivity contribution < 1.29 is 13.9 Å². The lowest BCUT2D eigenvalue weighted by Gasteiger charge is -2.10. The highest BCUT2D eigenvalue weighted by Crippen LogP contribution is 2.17. The van der Waals surface area contributed by atoms with Gasteiger partial charge in [-0.1, -0.05) is 6.07 Å². The maximum Gasteiger partial charge on any atom is 0.130 e. The van der Waals surface area contributed by atoms with E-state index in [9.17, 15) is 9.18 Å². The third-order valence-electron chi connectivity index (χ3n) is 1.70. The average molecular weight is 196 g/mol. The van der Waals surface area contributed by atoms with Crippen LogP contribution < -0.4 is 4.74 Å². The lowest BCUT2D eigenvalue weighted by Crippen LogP contribution is -2.06. The Balaban J connectivity index is 2.83. The Labute approximate surface area is 82.7 Å². The van der Waals surface area contributed by atoms with Crippen LogP contribution in [0.5, 0.6) is 5.75 Å². The molecule has 3 heteroatoms. The van der Waals surface area contributed by atoms with Gasteiger partial charge in [-0.2, -0.15) is 0 Å². The molecule has 0 heterocycles. The van der Waals surface area contributed by atoms with E-state index in [0.717, 1.165) is 0 Å². The zero-order valence-electron chi connectivity index (χ0n) is 8.29. The Morgan fingerprint density at radius 3 is 2.71 bits per heavy atom. The van der Waals surface area contributed by atoms with Crippen LogP contribution in [0.3, 0.4) is 0 Å². The molecule has 0 atom stereocenters. The number of carbonyl (C=O) groups excluding carboxylic acids is 1. The summed E-state index contributed by atoms with van der Waals surface area (Å²) in [5.74, 6) is 0.0994. The van der Waals surface area contributed by atoms with Gasteiger partial charge in [-0.05, 0) is 25.5 Å². The van der Waals surface area contributed by atoms with Crippen LogP contribution in [0.4, 0.5) is 4.39 Å². The second-order valence-electron chi connectivity index (χ2n) is 3.29. The van der Waals surface area contributed by atoms with Crippen molar-refractivity contribution in [3.8, 4) is 5.75 Å². The minimum Gasteiger partial charge on any atom is -0.491 e. The third-order valence-corrected chi connectivity index (χ3v) is 1.70. The van der Waals surface area contributed by atoms with Gasteiger partial charge in [0.2, 0.25) is 0 Å². The van der Waals surface area contributed by atoms with E-state index in [2.05, 4.69) is 0 Å². The molecule has 0 bridgehead atoms. The molecule has 1 aromatic carbocycles. The number of aldehydes is 1. The van der Waals surface area contributed by atoms with E-state index in [1.54, 1.807) is 12.1 Å². The number of carbonyl (C=O) groups is 1. The first-order chi connectivity index (χ1) is 6.63. The first-order valence-corrected chi connectivity index (χ1v) is 4.52. The Bertz CT molecular complexity index is 321. The van der Waals surface area contributed by atoms with Crippen LogP contribution in [0.1, 0.15) is 19.4 Å². The fraction of sp³-hybridized carbons (Fsp3) is 0.364. The standard InChI is InChI=1S/C11H13FO2/c1-8(2)14-10-4-3-9(5-6-13)11(12)7-10/h3-4,6-8H,5H2,1-2H3. The largest absolute Gasteiger partial charge is 0.491 e. The fourth-order valence-electron chi connectivity index (χ4n) is 1.13. The Morgan fingerprint density at radius 1 is 1.50 bits per heavy atom. The number of halogens is 1. The molecule has 0 aliphatic carbocycles. The monoisotopic (exact) mass is 196 g/mol. The molecule has 0 aliphatic heterocycles.